The Hall–Kier alpha value is -2.57. The Morgan fingerprint density at radius 1 is 1.11 bits per heavy atom. The normalized spacial score (nSPS) is 14.8. The zero-order valence-corrected chi connectivity index (χ0v) is 17.3. The highest BCUT2D eigenvalue weighted by Gasteiger charge is 2.26. The van der Waals surface area contributed by atoms with Crippen molar-refractivity contribution in [1.82, 2.24) is 10.2 Å². The molecule has 0 spiro atoms. The summed E-state index contributed by atoms with van der Waals surface area (Å²) < 4.78 is 15.1. The van der Waals surface area contributed by atoms with E-state index in [1.54, 1.807) is 18.3 Å². The standard InChI is InChI=1S/C11H20O2.C10H10N2O3/c1-11(2,3)13-10(12)9-7-5-4-6-8-9;1-14-9-4-8-6(5-11-12-8)3-7(9)10(13)15-2/h9H,4-8H2,1-3H3;3-5H,1-2H3,(H,11,12). The maximum Gasteiger partial charge on any atom is 0.341 e. The van der Waals surface area contributed by atoms with Gasteiger partial charge in [0.05, 0.1) is 31.9 Å². The Kier molecular flexibility index (Phi) is 7.43. The van der Waals surface area contributed by atoms with Crippen LogP contribution in [0.5, 0.6) is 5.75 Å². The molecular formula is C21H30N2O5. The molecule has 28 heavy (non-hydrogen) atoms. The molecule has 1 aromatic carbocycles. The molecule has 0 aliphatic heterocycles. The summed E-state index contributed by atoms with van der Waals surface area (Å²) in [7, 11) is 2.84. The first-order chi connectivity index (χ1) is 13.2. The van der Waals surface area contributed by atoms with Gasteiger partial charge in [-0.1, -0.05) is 19.3 Å². The van der Waals surface area contributed by atoms with Gasteiger partial charge in [-0.25, -0.2) is 4.79 Å². The Morgan fingerprint density at radius 2 is 1.79 bits per heavy atom. The van der Waals surface area contributed by atoms with Gasteiger partial charge in [0.15, 0.2) is 0 Å². The number of methoxy groups -OCH3 is 2. The molecule has 0 saturated heterocycles. The molecule has 1 fully saturated rings. The molecule has 7 nitrogen and oxygen atoms in total. The van der Waals surface area contributed by atoms with Gasteiger partial charge >= 0.3 is 11.9 Å². The van der Waals surface area contributed by atoms with Crippen LogP contribution in [-0.4, -0.2) is 42.0 Å². The van der Waals surface area contributed by atoms with Crippen LogP contribution in [0.2, 0.25) is 0 Å². The van der Waals surface area contributed by atoms with Gasteiger partial charge in [0.25, 0.3) is 0 Å². The lowest BCUT2D eigenvalue weighted by Gasteiger charge is -2.25. The molecule has 1 aliphatic rings. The zero-order valence-electron chi connectivity index (χ0n) is 17.3. The summed E-state index contributed by atoms with van der Waals surface area (Å²) >= 11 is 0. The van der Waals surface area contributed by atoms with Crippen LogP contribution < -0.4 is 4.74 Å². The summed E-state index contributed by atoms with van der Waals surface area (Å²) in [6.45, 7) is 5.77. The Bertz CT molecular complexity index is 801. The summed E-state index contributed by atoms with van der Waals surface area (Å²) in [6, 6.07) is 3.40. The van der Waals surface area contributed by atoms with Crippen molar-refractivity contribution >= 4 is 22.8 Å². The molecule has 1 N–H and O–H groups in total. The average Bonchev–Trinajstić information content (AvgIpc) is 3.13. The van der Waals surface area contributed by atoms with Crippen molar-refractivity contribution in [3.05, 3.63) is 23.9 Å². The van der Waals surface area contributed by atoms with Gasteiger partial charge in [-0.15, -0.1) is 0 Å². The number of carbonyl (C=O) groups is 2. The fourth-order valence-corrected chi connectivity index (χ4v) is 3.13. The molecule has 0 atom stereocenters. The summed E-state index contributed by atoms with van der Waals surface area (Å²) in [4.78, 5) is 23.0. The van der Waals surface area contributed by atoms with Crippen LogP contribution in [0.1, 0.15) is 63.2 Å². The highest BCUT2D eigenvalue weighted by atomic mass is 16.6. The number of rotatable bonds is 3. The number of carbonyl (C=O) groups excluding carboxylic acids is 2. The number of aromatic nitrogens is 2. The number of hydrogen-bond acceptors (Lipinski definition) is 6. The maximum atomic E-state index is 11.6. The average molecular weight is 390 g/mol. The van der Waals surface area contributed by atoms with Crippen molar-refractivity contribution in [2.45, 2.75) is 58.5 Å². The summed E-state index contributed by atoms with van der Waals surface area (Å²) in [5.74, 6) is 0.230. The van der Waals surface area contributed by atoms with Gasteiger partial charge in [0.2, 0.25) is 0 Å². The van der Waals surface area contributed by atoms with E-state index in [2.05, 4.69) is 14.9 Å². The molecule has 0 radical (unpaired) electrons. The minimum Gasteiger partial charge on any atom is -0.496 e. The van der Waals surface area contributed by atoms with E-state index in [9.17, 15) is 9.59 Å². The molecule has 1 saturated carbocycles. The van der Waals surface area contributed by atoms with E-state index in [0.29, 0.717) is 11.3 Å². The van der Waals surface area contributed by atoms with Crippen molar-refractivity contribution in [2.75, 3.05) is 14.2 Å². The molecule has 154 valence electrons. The highest BCUT2D eigenvalue weighted by Crippen LogP contribution is 2.26. The molecule has 1 aromatic heterocycles. The Morgan fingerprint density at radius 3 is 2.36 bits per heavy atom. The van der Waals surface area contributed by atoms with Gasteiger partial charge in [-0.05, 0) is 39.7 Å². The number of hydrogen-bond donors (Lipinski definition) is 1. The summed E-state index contributed by atoms with van der Waals surface area (Å²) in [5, 5.41) is 7.51. The first-order valence-corrected chi connectivity index (χ1v) is 9.57. The van der Waals surface area contributed by atoms with Crippen molar-refractivity contribution in [3.63, 3.8) is 0 Å². The van der Waals surface area contributed by atoms with Gasteiger partial charge in [-0.3, -0.25) is 9.89 Å². The SMILES string of the molecule is CC(C)(C)OC(=O)C1CCCCC1.COC(=O)c1cc2cn[nH]c2cc1OC. The Labute approximate surface area is 165 Å². The Balaban J connectivity index is 0.000000203. The molecule has 0 bridgehead atoms. The quantitative estimate of drug-likeness (QED) is 0.787. The topological polar surface area (TPSA) is 90.5 Å². The van der Waals surface area contributed by atoms with E-state index in [1.807, 2.05) is 20.8 Å². The molecule has 7 heteroatoms. The summed E-state index contributed by atoms with van der Waals surface area (Å²) in [6.07, 6.45) is 7.33. The molecule has 3 rings (SSSR count). The van der Waals surface area contributed by atoms with Crippen molar-refractivity contribution in [2.24, 2.45) is 5.92 Å². The number of H-pyrrole nitrogens is 1. The third-order valence-corrected chi connectivity index (χ3v) is 4.51. The first-order valence-electron chi connectivity index (χ1n) is 9.57. The predicted molar refractivity (Wildman–Crippen MR) is 106 cm³/mol. The van der Waals surface area contributed by atoms with Crippen LogP contribution in [0.4, 0.5) is 0 Å². The van der Waals surface area contributed by atoms with E-state index in [1.165, 1.54) is 33.5 Å². The first kappa shape index (κ1) is 21.7. The molecule has 1 heterocycles. The van der Waals surface area contributed by atoms with E-state index in [-0.39, 0.29) is 17.5 Å². The number of ether oxygens (including phenoxy) is 3. The van der Waals surface area contributed by atoms with Crippen LogP contribution in [-0.2, 0) is 14.3 Å². The van der Waals surface area contributed by atoms with E-state index >= 15 is 0 Å². The predicted octanol–water partition coefficient (Wildman–Crippen LogP) is 4.27. The lowest BCUT2D eigenvalue weighted by Crippen LogP contribution is -2.29. The number of nitrogens with zero attached hydrogens (tertiary/aromatic N) is 1. The minimum absolute atomic E-state index is 0.00667. The number of aromatic amines is 1. The molecular weight excluding hydrogens is 360 g/mol. The maximum absolute atomic E-state index is 11.6. The van der Waals surface area contributed by atoms with Crippen LogP contribution >= 0.6 is 0 Å². The number of nitrogens with one attached hydrogen (secondary N) is 1. The second kappa shape index (κ2) is 9.57. The van der Waals surface area contributed by atoms with E-state index < -0.39 is 5.97 Å². The third kappa shape index (κ3) is 5.97. The molecule has 0 amide bonds. The second-order valence-electron chi connectivity index (χ2n) is 7.87. The largest absolute Gasteiger partial charge is 0.496 e. The molecule has 2 aromatic rings. The van der Waals surface area contributed by atoms with Crippen LogP contribution in [0.3, 0.4) is 0 Å². The highest BCUT2D eigenvalue weighted by molar-refractivity contribution is 5.97. The summed E-state index contributed by atoms with van der Waals surface area (Å²) in [5.41, 5.74) is 0.891. The van der Waals surface area contributed by atoms with Crippen molar-refractivity contribution < 1.29 is 23.8 Å². The fourth-order valence-electron chi connectivity index (χ4n) is 3.13. The third-order valence-electron chi connectivity index (χ3n) is 4.51. The lowest BCUT2D eigenvalue weighted by molar-refractivity contribution is -0.161. The van der Waals surface area contributed by atoms with Crippen LogP contribution in [0.25, 0.3) is 10.9 Å². The molecule has 1 aliphatic carbocycles. The van der Waals surface area contributed by atoms with Crippen LogP contribution in [0.15, 0.2) is 18.3 Å². The molecule has 0 unspecified atom stereocenters. The minimum atomic E-state index is -0.421. The lowest BCUT2D eigenvalue weighted by atomic mass is 9.89. The van der Waals surface area contributed by atoms with Crippen LogP contribution in [0, 0.1) is 5.92 Å². The number of esters is 2. The van der Waals surface area contributed by atoms with Crippen molar-refractivity contribution in [1.29, 1.82) is 0 Å². The number of fused-ring (bicyclic) bond motifs is 1. The van der Waals surface area contributed by atoms with Gasteiger partial charge < -0.3 is 14.2 Å². The van der Waals surface area contributed by atoms with E-state index in [4.69, 9.17) is 9.47 Å². The van der Waals surface area contributed by atoms with Gasteiger partial charge in [0, 0.05) is 11.5 Å². The fraction of sp³-hybridized carbons (Fsp3) is 0.571. The van der Waals surface area contributed by atoms with Gasteiger partial charge in [-0.2, -0.15) is 5.10 Å². The number of benzene rings is 1. The zero-order chi connectivity index (χ0) is 20.7. The van der Waals surface area contributed by atoms with Crippen molar-refractivity contribution in [3.8, 4) is 5.75 Å². The monoisotopic (exact) mass is 390 g/mol. The smallest absolute Gasteiger partial charge is 0.341 e. The second-order valence-corrected chi connectivity index (χ2v) is 7.87. The van der Waals surface area contributed by atoms with E-state index in [0.717, 1.165) is 23.7 Å². The van der Waals surface area contributed by atoms with Gasteiger partial charge in [0.1, 0.15) is 16.9 Å².